The number of fused-ring (bicyclic) bond motifs is 2. The van der Waals surface area contributed by atoms with Crippen LogP contribution in [0.1, 0.15) is 53.9 Å². The van der Waals surface area contributed by atoms with Crippen LogP contribution >= 0.6 is 46.1 Å². The molecule has 16 heteroatoms. The topological polar surface area (TPSA) is 149 Å². The summed E-state index contributed by atoms with van der Waals surface area (Å²) in [6.07, 6.45) is -0.178. The third-order valence-corrected chi connectivity index (χ3v) is 9.95. The van der Waals surface area contributed by atoms with Crippen molar-refractivity contribution in [2.45, 2.75) is 46.2 Å². The summed E-state index contributed by atoms with van der Waals surface area (Å²) in [7, 11) is 2.64. The number of Topliss-reactive ketones (excluding diaryl/α,β-unsaturated/α-hetero) is 1. The molecule has 0 radical (unpaired) electrons. The molecule has 0 aliphatic carbocycles. The molecular formula is C31H31Cl3FNO10S. The Morgan fingerprint density at radius 2 is 1.36 bits per heavy atom. The lowest BCUT2D eigenvalue weighted by atomic mass is 10.0. The molecule has 3 aromatic rings. The van der Waals surface area contributed by atoms with E-state index in [1.54, 1.807) is 0 Å². The van der Waals surface area contributed by atoms with Crippen molar-refractivity contribution in [3.63, 3.8) is 0 Å². The van der Waals surface area contributed by atoms with Crippen LogP contribution in [0.2, 0.25) is 15.1 Å². The number of thiophene rings is 1. The maximum Gasteiger partial charge on any atom is 0.306 e. The molecule has 2 N–H and O–H groups in total. The second-order valence-corrected chi connectivity index (χ2v) is 13.1. The van der Waals surface area contributed by atoms with Crippen LogP contribution < -0.4 is 18.9 Å². The number of hydrogen-bond donors (Lipinski definition) is 2. The molecule has 2 unspecified atom stereocenters. The van der Waals surface area contributed by atoms with Crippen LogP contribution in [0.3, 0.4) is 0 Å². The number of carbonyl (C=O) groups excluding carboxylic acids is 2. The van der Waals surface area contributed by atoms with E-state index in [1.807, 2.05) is 0 Å². The van der Waals surface area contributed by atoms with Crippen molar-refractivity contribution < 1.29 is 52.7 Å². The number of carboxylic acids is 2. The minimum absolute atomic E-state index is 0.00424. The van der Waals surface area contributed by atoms with Gasteiger partial charge in [-0.15, -0.1) is 11.3 Å². The maximum absolute atomic E-state index is 15.4. The highest BCUT2D eigenvalue weighted by Gasteiger charge is 2.34. The van der Waals surface area contributed by atoms with Crippen molar-refractivity contribution >= 4 is 79.9 Å². The van der Waals surface area contributed by atoms with Gasteiger partial charge >= 0.3 is 11.9 Å². The SMILES string of the molecule is COc1c(Cl)c2c(c(Cl)c1OCCCOc1c(OC)c(F)c3sc(C(=O)CC(C)C(=O)O)cc3c1Cl)CN(C(=O)CC(C)C(=O)O)C2. The number of methoxy groups -OCH3 is 2. The highest BCUT2D eigenvalue weighted by atomic mass is 35.5. The van der Waals surface area contributed by atoms with Gasteiger partial charge in [0.2, 0.25) is 5.91 Å². The largest absolute Gasteiger partial charge is 0.491 e. The Hall–Kier alpha value is -3.52. The van der Waals surface area contributed by atoms with Crippen LogP contribution in [0.25, 0.3) is 10.1 Å². The number of carbonyl (C=O) groups is 4. The van der Waals surface area contributed by atoms with Crippen molar-refractivity contribution in [3.8, 4) is 23.0 Å². The van der Waals surface area contributed by atoms with Crippen molar-refractivity contribution in [1.29, 1.82) is 0 Å². The summed E-state index contributed by atoms with van der Waals surface area (Å²) in [5.41, 5.74) is 1.14. The Labute approximate surface area is 288 Å². The summed E-state index contributed by atoms with van der Waals surface area (Å²) in [4.78, 5) is 49.4. The molecule has 254 valence electrons. The maximum atomic E-state index is 15.4. The zero-order chi connectivity index (χ0) is 34.7. The van der Waals surface area contributed by atoms with E-state index in [2.05, 4.69) is 0 Å². The summed E-state index contributed by atoms with van der Waals surface area (Å²) < 4.78 is 38.0. The van der Waals surface area contributed by atoms with Gasteiger partial charge in [0.1, 0.15) is 0 Å². The molecule has 2 atom stereocenters. The van der Waals surface area contributed by atoms with Crippen molar-refractivity contribution in [1.82, 2.24) is 4.90 Å². The van der Waals surface area contributed by atoms with E-state index in [4.69, 9.17) is 64.0 Å². The fourth-order valence-corrected chi connectivity index (χ4v) is 6.98. The van der Waals surface area contributed by atoms with Crippen molar-refractivity contribution in [3.05, 3.63) is 43.0 Å². The van der Waals surface area contributed by atoms with E-state index < -0.39 is 35.4 Å². The lowest BCUT2D eigenvalue weighted by Crippen LogP contribution is -2.28. The average molecular weight is 735 g/mol. The number of amides is 1. The van der Waals surface area contributed by atoms with Gasteiger partial charge in [-0.3, -0.25) is 19.2 Å². The highest BCUT2D eigenvalue weighted by molar-refractivity contribution is 7.21. The first-order chi connectivity index (χ1) is 22.2. The number of aliphatic carboxylic acids is 2. The summed E-state index contributed by atoms with van der Waals surface area (Å²) in [5, 5.41) is 19.0. The number of ketones is 1. The summed E-state index contributed by atoms with van der Waals surface area (Å²) in [5.74, 6) is -5.55. The van der Waals surface area contributed by atoms with Gasteiger partial charge in [0, 0.05) is 48.9 Å². The van der Waals surface area contributed by atoms with Gasteiger partial charge in [-0.05, 0) is 6.07 Å². The molecule has 0 bridgehead atoms. The van der Waals surface area contributed by atoms with Crippen LogP contribution in [-0.2, 0) is 27.5 Å². The molecule has 1 amide bonds. The molecule has 2 heterocycles. The lowest BCUT2D eigenvalue weighted by Gasteiger charge is -2.17. The Kier molecular flexibility index (Phi) is 11.7. The molecule has 0 fully saturated rings. The molecule has 2 aromatic carbocycles. The molecule has 1 aromatic heterocycles. The van der Waals surface area contributed by atoms with Crippen LogP contribution in [0, 0.1) is 17.7 Å². The van der Waals surface area contributed by atoms with Crippen molar-refractivity contribution in [2.24, 2.45) is 11.8 Å². The Morgan fingerprint density at radius 3 is 1.89 bits per heavy atom. The third kappa shape index (κ3) is 7.48. The lowest BCUT2D eigenvalue weighted by molar-refractivity contribution is -0.145. The Balaban J connectivity index is 1.46. The molecule has 11 nitrogen and oxygen atoms in total. The van der Waals surface area contributed by atoms with E-state index >= 15 is 4.39 Å². The normalized spacial score (nSPS) is 13.7. The minimum atomic E-state index is -1.12. The predicted octanol–water partition coefficient (Wildman–Crippen LogP) is 7.11. The van der Waals surface area contributed by atoms with Crippen LogP contribution in [0.5, 0.6) is 23.0 Å². The second-order valence-electron chi connectivity index (χ2n) is 10.9. The smallest absolute Gasteiger partial charge is 0.306 e. The summed E-state index contributed by atoms with van der Waals surface area (Å²) >= 11 is 20.7. The van der Waals surface area contributed by atoms with Gasteiger partial charge in [-0.1, -0.05) is 48.7 Å². The van der Waals surface area contributed by atoms with E-state index in [-0.39, 0.29) is 105 Å². The Bertz CT molecular complexity index is 1750. The number of ether oxygens (including phenoxy) is 4. The molecule has 1 aliphatic heterocycles. The summed E-state index contributed by atoms with van der Waals surface area (Å²) in [6.45, 7) is 3.15. The summed E-state index contributed by atoms with van der Waals surface area (Å²) in [6, 6.07) is 1.41. The minimum Gasteiger partial charge on any atom is -0.491 e. The first-order valence-corrected chi connectivity index (χ1v) is 16.2. The molecule has 4 rings (SSSR count). The number of halogens is 4. The van der Waals surface area contributed by atoms with E-state index in [1.165, 1.54) is 39.0 Å². The number of rotatable bonds is 15. The fourth-order valence-electron chi connectivity index (χ4n) is 4.94. The van der Waals surface area contributed by atoms with Gasteiger partial charge in [0.05, 0.1) is 63.9 Å². The van der Waals surface area contributed by atoms with E-state index in [0.717, 1.165) is 11.3 Å². The second kappa shape index (κ2) is 15.1. The van der Waals surface area contributed by atoms with Gasteiger partial charge in [-0.2, -0.15) is 0 Å². The average Bonchev–Trinajstić information content (AvgIpc) is 3.68. The fraction of sp³-hybridized carbons (Fsp3) is 0.419. The molecule has 0 saturated carbocycles. The van der Waals surface area contributed by atoms with Gasteiger partial charge in [0.25, 0.3) is 0 Å². The number of carboxylic acid groups (broad SMARTS) is 2. The van der Waals surface area contributed by atoms with Gasteiger partial charge in [-0.25, -0.2) is 4.39 Å². The Morgan fingerprint density at radius 1 is 0.851 bits per heavy atom. The van der Waals surface area contributed by atoms with Gasteiger partial charge in [0.15, 0.2) is 34.6 Å². The van der Waals surface area contributed by atoms with Gasteiger partial charge < -0.3 is 34.1 Å². The molecule has 0 spiro atoms. The zero-order valence-electron chi connectivity index (χ0n) is 25.7. The third-order valence-electron chi connectivity index (χ3n) is 7.60. The molecule has 47 heavy (non-hydrogen) atoms. The van der Waals surface area contributed by atoms with E-state index in [0.29, 0.717) is 11.1 Å². The highest BCUT2D eigenvalue weighted by Crippen LogP contribution is 2.49. The first-order valence-electron chi connectivity index (χ1n) is 14.3. The van der Waals surface area contributed by atoms with Crippen LogP contribution in [-0.4, -0.2) is 66.2 Å². The molecule has 1 aliphatic rings. The first kappa shape index (κ1) is 36.3. The molecule has 0 saturated heterocycles. The van der Waals surface area contributed by atoms with Crippen molar-refractivity contribution in [2.75, 3.05) is 27.4 Å². The standard InChI is InChI=1S/C31H31Cl3FNO10S/c1-13(30(39)40)8-18(37)19-10-15-21(32)27(28(44-4)24(35)29(15)47-19)46-7-5-6-45-26-23(34)17-12-36(20(38)9-14(2)31(41)42)11-16(17)22(33)25(26)43-3/h10,13-14H,5-9,11-12H2,1-4H3,(H,39,40)(H,41,42). The predicted molar refractivity (Wildman–Crippen MR) is 173 cm³/mol. The number of benzene rings is 2. The van der Waals surface area contributed by atoms with Crippen LogP contribution in [0.15, 0.2) is 6.07 Å². The quantitative estimate of drug-likeness (QED) is 0.122. The number of nitrogens with zero attached hydrogens (tertiary/aromatic N) is 1. The number of hydrogen-bond acceptors (Lipinski definition) is 9. The van der Waals surface area contributed by atoms with E-state index in [9.17, 15) is 19.2 Å². The zero-order valence-corrected chi connectivity index (χ0v) is 28.8. The molecular weight excluding hydrogens is 704 g/mol. The monoisotopic (exact) mass is 733 g/mol. The van der Waals surface area contributed by atoms with Crippen LogP contribution in [0.4, 0.5) is 4.39 Å².